The molecule has 19 heteroatoms. The number of amides is 1. The van der Waals surface area contributed by atoms with Crippen molar-refractivity contribution in [1.82, 2.24) is 15.5 Å². The van der Waals surface area contributed by atoms with Crippen LogP contribution in [0.3, 0.4) is 0 Å². The van der Waals surface area contributed by atoms with E-state index >= 15 is 0 Å². The highest BCUT2D eigenvalue weighted by molar-refractivity contribution is 5.83. The normalized spacial score (nSPS) is 32.9. The van der Waals surface area contributed by atoms with Crippen molar-refractivity contribution in [3.8, 4) is 0 Å². The van der Waals surface area contributed by atoms with E-state index in [1.807, 2.05) is 0 Å². The lowest BCUT2D eigenvalue weighted by Crippen LogP contribution is -2.76. The number of morpholine rings is 1. The molecule has 0 radical (unpaired) electrons. The van der Waals surface area contributed by atoms with Gasteiger partial charge < -0.3 is 55.4 Å². The zero-order chi connectivity index (χ0) is 48.0. The minimum absolute atomic E-state index is 0.0464. The number of hydrogen-bond acceptors (Lipinski definition) is 14. The molecule has 0 aliphatic carbocycles. The molecule has 0 saturated carbocycles. The molecule has 1 amide bonds. The fourth-order valence-corrected chi connectivity index (χ4v) is 10.8. The van der Waals surface area contributed by atoms with Gasteiger partial charge in [0.2, 0.25) is 11.5 Å². The van der Waals surface area contributed by atoms with E-state index in [-0.39, 0.29) is 55.6 Å². The van der Waals surface area contributed by atoms with Crippen LogP contribution in [0, 0.1) is 5.92 Å². The molecule has 0 unspecified atom stereocenters. The second-order valence-electron chi connectivity index (χ2n) is 19.2. The van der Waals surface area contributed by atoms with Crippen molar-refractivity contribution >= 4 is 23.8 Å². The fraction of sp³-hybridized carbons (Fsp3) is 0.872. The van der Waals surface area contributed by atoms with Crippen LogP contribution < -0.4 is 27.2 Å². The maximum Gasteiger partial charge on any atom is 0.430 e. The van der Waals surface area contributed by atoms with Gasteiger partial charge in [0, 0.05) is 32.2 Å². The number of aliphatic carboxylic acids is 1. The second kappa shape index (κ2) is 25.0. The quantitative estimate of drug-likeness (QED) is 0.0389. The number of carbonyl (C=O) groups excluding carboxylic acids is 3. The third-order valence-electron chi connectivity index (χ3n) is 14.1. The summed E-state index contributed by atoms with van der Waals surface area (Å²) in [4.78, 5) is 37.2. The van der Waals surface area contributed by atoms with Crippen LogP contribution >= 0.6 is 0 Å². The van der Waals surface area contributed by atoms with Gasteiger partial charge in [-0.1, -0.05) is 89.7 Å². The largest absolute Gasteiger partial charge is 0.542 e. The number of carboxylic acid groups (broad SMARTS) is 1. The van der Waals surface area contributed by atoms with Crippen LogP contribution in [0.25, 0.3) is 0 Å². The van der Waals surface area contributed by atoms with E-state index in [4.69, 9.17) is 40.3 Å². The fourth-order valence-electron chi connectivity index (χ4n) is 10.8. The molecule has 6 rings (SSSR count). The first-order valence-electron chi connectivity index (χ1n) is 25.0. The molecular formula is C47H79F3N6O10. The maximum atomic E-state index is 14.1. The molecule has 0 aromatic carbocycles. The van der Waals surface area contributed by atoms with Gasteiger partial charge in [0.1, 0.15) is 12.1 Å². The lowest BCUT2D eigenvalue weighted by atomic mass is 9.80. The molecular weight excluding hydrogens is 866 g/mol. The number of aliphatic hydroxyl groups is 2. The van der Waals surface area contributed by atoms with Gasteiger partial charge in [-0.2, -0.15) is 13.2 Å². The Morgan fingerprint density at radius 1 is 0.939 bits per heavy atom. The van der Waals surface area contributed by atoms with Gasteiger partial charge in [0.05, 0.1) is 30.9 Å². The van der Waals surface area contributed by atoms with Crippen molar-refractivity contribution < 1.29 is 66.4 Å². The molecule has 6 heterocycles. The van der Waals surface area contributed by atoms with Gasteiger partial charge in [-0.05, 0) is 77.8 Å². The van der Waals surface area contributed by atoms with E-state index in [0.717, 1.165) is 109 Å². The summed E-state index contributed by atoms with van der Waals surface area (Å²) in [6, 6.07) is 0.362. The molecule has 8 N–H and O–H groups in total. The smallest absolute Gasteiger partial charge is 0.430 e. The highest BCUT2D eigenvalue weighted by Gasteiger charge is 2.65. The summed E-state index contributed by atoms with van der Waals surface area (Å²) in [5, 5.41) is 38.0. The number of aliphatic hydroxyl groups excluding tert-OH is 1. The molecule has 6 aliphatic rings. The highest BCUT2D eigenvalue weighted by atomic mass is 19.4. The molecule has 0 bridgehead atoms. The second-order valence-corrected chi connectivity index (χ2v) is 19.2. The van der Waals surface area contributed by atoms with Crippen molar-refractivity contribution in [2.24, 2.45) is 17.4 Å². The van der Waals surface area contributed by atoms with E-state index in [0.29, 0.717) is 32.0 Å². The van der Waals surface area contributed by atoms with Crippen molar-refractivity contribution in [2.75, 3.05) is 26.2 Å². The summed E-state index contributed by atoms with van der Waals surface area (Å²) in [7, 11) is 0. The van der Waals surface area contributed by atoms with Gasteiger partial charge in [0.25, 0.3) is 5.91 Å². The molecule has 3 saturated heterocycles. The number of nitrogens with two attached hydrogens (primary N) is 2. The van der Waals surface area contributed by atoms with Gasteiger partial charge in [0.15, 0.2) is 17.9 Å². The molecule has 10 atom stereocenters. The Bertz CT molecular complexity index is 1640. The molecule has 2 spiro atoms. The highest BCUT2D eigenvalue weighted by Crippen LogP contribution is 2.46. The molecule has 6 aliphatic heterocycles. The monoisotopic (exact) mass is 945 g/mol. The van der Waals surface area contributed by atoms with Crippen LogP contribution in [-0.4, -0.2) is 130 Å². The summed E-state index contributed by atoms with van der Waals surface area (Å²) in [5.41, 5.74) is 10.1. The lowest BCUT2D eigenvalue weighted by Gasteiger charge is -2.50. The SMILES string of the molecule is CC[C@@H]1C=CCC[C@]2(C[C@H]3CC[C@H]4[C@@H](C(=O)OCCCCCCCCCCCCCC[C@@H]5O[C@](O)(CCN)[C@H](O)N(CCCN)C5=O)[C@@]5(CCC[C@H](C)O5)NC(=[N+]34)N2)O1.O=C([O-])C(F)(F)F. The Morgan fingerprint density at radius 2 is 1.59 bits per heavy atom. The van der Waals surface area contributed by atoms with Gasteiger partial charge in [-0.15, -0.1) is 0 Å². The van der Waals surface area contributed by atoms with E-state index < -0.39 is 41.7 Å². The number of alkyl halides is 3. The number of carboxylic acids is 1. The van der Waals surface area contributed by atoms with Crippen molar-refractivity contribution in [3.63, 3.8) is 0 Å². The number of ether oxygens (including phenoxy) is 4. The number of hydrogen-bond donors (Lipinski definition) is 6. The Balaban J connectivity index is 0.00000108. The van der Waals surface area contributed by atoms with Crippen LogP contribution in [0.2, 0.25) is 0 Å². The number of nitrogens with zero attached hydrogens (tertiary/aromatic N) is 2. The molecule has 0 aromatic rings. The zero-order valence-corrected chi connectivity index (χ0v) is 39.3. The number of esters is 1. The standard InChI is InChI=1S/C45H78N6O8.C2HF3O2/c1-3-35-21-15-16-25-43(58-35)32-34-23-24-36-38(44(26-18-20-33(2)57-44)49-42(48-43)51(34)36)40(53)56-31-17-13-11-9-7-5-4-6-8-10-12-14-22-37-39(52)50(30-19-28-46)41(54)45(55,59-37)27-29-47;3-2(4,5)1(6)7/h15,21,33-38,41,54-55H,3-14,16-20,22-32,46-47H2,1-2H3,(H,48,49);(H,6,7)/t33-,34+,35+,36-,37-,38-,41-,43+,44-,45+;/m0./s1. The van der Waals surface area contributed by atoms with Crippen LogP contribution in [0.5, 0.6) is 0 Å². The Labute approximate surface area is 388 Å². The van der Waals surface area contributed by atoms with E-state index in [1.165, 1.54) is 37.0 Å². The van der Waals surface area contributed by atoms with Crippen molar-refractivity contribution in [1.29, 1.82) is 0 Å². The van der Waals surface area contributed by atoms with Crippen molar-refractivity contribution in [2.45, 2.75) is 228 Å². The molecule has 16 nitrogen and oxygen atoms in total. The molecule has 66 heavy (non-hydrogen) atoms. The number of rotatable bonds is 22. The predicted molar refractivity (Wildman–Crippen MR) is 237 cm³/mol. The van der Waals surface area contributed by atoms with Gasteiger partial charge in [-0.25, -0.2) is 10.6 Å². The number of carbonyl (C=O) groups is 3. The van der Waals surface area contributed by atoms with Crippen molar-refractivity contribution in [3.05, 3.63) is 12.2 Å². The third kappa shape index (κ3) is 14.0. The van der Waals surface area contributed by atoms with E-state index in [2.05, 4.69) is 41.2 Å². The molecule has 0 aromatic heterocycles. The first-order valence-corrected chi connectivity index (χ1v) is 25.0. The topological polar surface area (TPSA) is 234 Å². The van der Waals surface area contributed by atoms with Crippen LogP contribution in [0.4, 0.5) is 13.2 Å². The Kier molecular flexibility index (Phi) is 20.4. The number of allylic oxidation sites excluding steroid dienone is 1. The van der Waals surface area contributed by atoms with Gasteiger partial charge in [-0.3, -0.25) is 14.2 Å². The Morgan fingerprint density at radius 3 is 2.20 bits per heavy atom. The average molecular weight is 945 g/mol. The van der Waals surface area contributed by atoms with E-state index in [9.17, 15) is 33.0 Å². The minimum Gasteiger partial charge on any atom is -0.542 e. The van der Waals surface area contributed by atoms with Gasteiger partial charge >= 0.3 is 18.1 Å². The minimum atomic E-state index is -5.19. The predicted octanol–water partition coefficient (Wildman–Crippen LogP) is 4.07. The number of halogens is 3. The zero-order valence-electron chi connectivity index (χ0n) is 39.3. The van der Waals surface area contributed by atoms with Crippen LogP contribution in [0.15, 0.2) is 12.2 Å². The first-order chi connectivity index (χ1) is 31.5. The molecule has 3 fully saturated rings. The summed E-state index contributed by atoms with van der Waals surface area (Å²) in [6.45, 7) is 5.57. The van der Waals surface area contributed by atoms with E-state index in [1.54, 1.807) is 0 Å². The number of guanidine groups is 1. The lowest BCUT2D eigenvalue weighted by molar-refractivity contribution is -0.609. The first kappa shape index (κ1) is 53.9. The van der Waals surface area contributed by atoms with Crippen LogP contribution in [0.1, 0.15) is 168 Å². The molecule has 378 valence electrons. The number of nitrogens with one attached hydrogen (secondary N) is 2. The summed E-state index contributed by atoms with van der Waals surface area (Å²) >= 11 is 0. The number of unbranched alkanes of at least 4 members (excludes halogenated alkanes) is 11. The summed E-state index contributed by atoms with van der Waals surface area (Å²) in [6.07, 6.45) is 20.1. The maximum absolute atomic E-state index is 14.1. The van der Waals surface area contributed by atoms with Crippen LogP contribution in [-0.2, 0) is 33.3 Å². The average Bonchev–Trinajstić information content (AvgIpc) is 3.57. The summed E-state index contributed by atoms with van der Waals surface area (Å²) in [5.74, 6) is -4.66. The summed E-state index contributed by atoms with van der Waals surface area (Å²) < 4.78 is 59.4. The third-order valence-corrected chi connectivity index (χ3v) is 14.1. The Hall–Kier alpha value is -3.07.